The zero-order valence-electron chi connectivity index (χ0n) is 9.26. The topological polar surface area (TPSA) is 39.9 Å². The maximum atomic E-state index is 9.27. The van der Waals surface area contributed by atoms with Crippen LogP contribution in [-0.2, 0) is 0 Å². The van der Waals surface area contributed by atoms with Crippen LogP contribution in [0.1, 0.15) is 5.69 Å². The van der Waals surface area contributed by atoms with Crippen LogP contribution in [0.5, 0.6) is 0 Å². The highest BCUT2D eigenvalue weighted by molar-refractivity contribution is 9.11. The predicted molar refractivity (Wildman–Crippen MR) is 70.7 cm³/mol. The monoisotopic (exact) mass is 287 g/mol. The van der Waals surface area contributed by atoms with Gasteiger partial charge >= 0.3 is 0 Å². The van der Waals surface area contributed by atoms with Crippen molar-refractivity contribution in [3.8, 4) is 6.07 Å². The maximum Gasteiger partial charge on any atom is 0.104 e. The van der Waals surface area contributed by atoms with Crippen molar-refractivity contribution in [1.82, 2.24) is 9.88 Å². The maximum absolute atomic E-state index is 9.27. The number of aromatic nitrogens is 1. The molecule has 0 N–H and O–H groups in total. The molecule has 4 heteroatoms. The highest BCUT2D eigenvalue weighted by atomic mass is 79.9. The van der Waals surface area contributed by atoms with Crippen LogP contribution in [0.4, 0.5) is 0 Å². The molecule has 0 bridgehead atoms. The molecule has 0 amide bonds. The molecule has 0 unspecified atom stereocenters. The van der Waals surface area contributed by atoms with Gasteiger partial charge in [0.2, 0.25) is 0 Å². The van der Waals surface area contributed by atoms with Gasteiger partial charge in [0, 0.05) is 23.9 Å². The van der Waals surface area contributed by atoms with E-state index in [2.05, 4.69) is 27.0 Å². The van der Waals surface area contributed by atoms with Crippen LogP contribution >= 0.6 is 15.9 Å². The van der Waals surface area contributed by atoms with Crippen LogP contribution in [0.3, 0.4) is 0 Å². The summed E-state index contributed by atoms with van der Waals surface area (Å²) in [6.07, 6.45) is 7.41. The number of likely N-dealkylation sites (N-methyl/N-ethyl adjacent to an activating group) is 1. The molecule has 1 aliphatic heterocycles. The Morgan fingerprint density at radius 2 is 2.24 bits per heavy atom. The number of allylic oxidation sites excluding steroid dienone is 4. The summed E-state index contributed by atoms with van der Waals surface area (Å²) in [6, 6.07) is 7.75. The van der Waals surface area contributed by atoms with Gasteiger partial charge in [-0.1, -0.05) is 6.07 Å². The summed E-state index contributed by atoms with van der Waals surface area (Å²) in [5.74, 6) is 0. The summed E-state index contributed by atoms with van der Waals surface area (Å²) in [5.41, 5.74) is 2.10. The first-order valence-electron chi connectivity index (χ1n) is 5.06. The molecule has 0 saturated heterocycles. The van der Waals surface area contributed by atoms with E-state index in [0.717, 1.165) is 10.2 Å². The third-order valence-electron chi connectivity index (χ3n) is 2.39. The minimum absolute atomic E-state index is 0.570. The van der Waals surface area contributed by atoms with Gasteiger partial charge in [-0.25, -0.2) is 0 Å². The fourth-order valence-corrected chi connectivity index (χ4v) is 2.03. The summed E-state index contributed by atoms with van der Waals surface area (Å²) >= 11 is 3.39. The Balaban J connectivity index is 2.51. The van der Waals surface area contributed by atoms with E-state index in [1.807, 2.05) is 48.5 Å². The number of hydrogen-bond donors (Lipinski definition) is 0. The standard InChI is InChI=1S/C13H10BrN3/c1-17-9-10(14)5-6-13(17)11(8-15)12-4-2-3-7-16-12/h2-7,9H,1H3/b13-11+. The van der Waals surface area contributed by atoms with Crippen molar-refractivity contribution in [2.75, 3.05) is 7.05 Å². The first kappa shape index (κ1) is 11.6. The first-order chi connectivity index (χ1) is 8.22. The summed E-state index contributed by atoms with van der Waals surface area (Å²) in [5, 5.41) is 9.27. The van der Waals surface area contributed by atoms with Crippen LogP contribution in [0, 0.1) is 11.3 Å². The van der Waals surface area contributed by atoms with Crippen molar-refractivity contribution in [2.24, 2.45) is 0 Å². The first-order valence-corrected chi connectivity index (χ1v) is 5.85. The SMILES string of the molecule is CN1C=C(Br)C=C/C1=C(/C#N)c1ccccn1. The number of hydrogen-bond acceptors (Lipinski definition) is 3. The van der Waals surface area contributed by atoms with Crippen molar-refractivity contribution in [3.05, 3.63) is 58.6 Å². The molecule has 0 spiro atoms. The Labute approximate surface area is 109 Å². The molecule has 3 nitrogen and oxygen atoms in total. The average Bonchev–Trinajstić information content (AvgIpc) is 2.34. The fourth-order valence-electron chi connectivity index (χ4n) is 1.59. The number of rotatable bonds is 1. The van der Waals surface area contributed by atoms with E-state index in [1.165, 1.54) is 0 Å². The van der Waals surface area contributed by atoms with Crippen molar-refractivity contribution < 1.29 is 0 Å². The van der Waals surface area contributed by atoms with Gasteiger partial charge in [-0.15, -0.1) is 0 Å². The number of nitriles is 1. The van der Waals surface area contributed by atoms with Gasteiger partial charge in [0.05, 0.1) is 11.4 Å². The normalized spacial score (nSPS) is 17.5. The lowest BCUT2D eigenvalue weighted by atomic mass is 10.1. The van der Waals surface area contributed by atoms with Gasteiger partial charge in [0.1, 0.15) is 11.6 Å². The van der Waals surface area contributed by atoms with Crippen LogP contribution in [-0.4, -0.2) is 16.9 Å². The van der Waals surface area contributed by atoms with E-state index in [9.17, 15) is 5.26 Å². The van der Waals surface area contributed by atoms with Crippen molar-refractivity contribution in [1.29, 1.82) is 5.26 Å². The summed E-state index contributed by atoms with van der Waals surface area (Å²) in [7, 11) is 1.90. The lowest BCUT2D eigenvalue weighted by molar-refractivity contribution is 0.586. The van der Waals surface area contributed by atoms with E-state index in [1.54, 1.807) is 6.20 Å². The molecule has 84 valence electrons. The zero-order chi connectivity index (χ0) is 12.3. The number of halogens is 1. The molecule has 1 aliphatic rings. The Hall–Kier alpha value is -1.86. The quantitative estimate of drug-likeness (QED) is 0.746. The number of nitrogens with zero attached hydrogens (tertiary/aromatic N) is 3. The Morgan fingerprint density at radius 3 is 2.82 bits per heavy atom. The average molecular weight is 288 g/mol. The second-order valence-electron chi connectivity index (χ2n) is 3.55. The highest BCUT2D eigenvalue weighted by Crippen LogP contribution is 2.25. The van der Waals surface area contributed by atoms with E-state index in [0.29, 0.717) is 11.3 Å². The van der Waals surface area contributed by atoms with Gasteiger partial charge in [0.15, 0.2) is 0 Å². The summed E-state index contributed by atoms with van der Waals surface area (Å²) in [4.78, 5) is 6.11. The zero-order valence-corrected chi connectivity index (χ0v) is 10.8. The van der Waals surface area contributed by atoms with E-state index in [-0.39, 0.29) is 0 Å². The van der Waals surface area contributed by atoms with Crippen molar-refractivity contribution >= 4 is 21.5 Å². The molecule has 0 aromatic carbocycles. The largest absolute Gasteiger partial charge is 0.349 e. The molecule has 2 heterocycles. The smallest absolute Gasteiger partial charge is 0.104 e. The second kappa shape index (κ2) is 4.98. The van der Waals surface area contributed by atoms with E-state index in [4.69, 9.17) is 0 Å². The van der Waals surface area contributed by atoms with Crippen molar-refractivity contribution in [2.45, 2.75) is 0 Å². The minimum Gasteiger partial charge on any atom is -0.349 e. The van der Waals surface area contributed by atoms with Crippen molar-refractivity contribution in [3.63, 3.8) is 0 Å². The van der Waals surface area contributed by atoms with Gasteiger partial charge in [0.25, 0.3) is 0 Å². The molecule has 1 aromatic heterocycles. The molecule has 0 aliphatic carbocycles. The van der Waals surface area contributed by atoms with E-state index >= 15 is 0 Å². The van der Waals surface area contributed by atoms with Crippen LogP contribution < -0.4 is 0 Å². The molecular formula is C13H10BrN3. The third-order valence-corrected chi connectivity index (χ3v) is 2.86. The molecule has 0 radical (unpaired) electrons. The molecule has 0 fully saturated rings. The molecule has 0 atom stereocenters. The molecule has 1 aromatic rings. The van der Waals surface area contributed by atoms with Gasteiger partial charge < -0.3 is 4.90 Å². The third kappa shape index (κ3) is 2.45. The summed E-state index contributed by atoms with van der Waals surface area (Å²) in [6.45, 7) is 0. The van der Waals surface area contributed by atoms with Crippen LogP contribution in [0.2, 0.25) is 0 Å². The molecule has 17 heavy (non-hydrogen) atoms. The minimum atomic E-state index is 0.570. The molecular weight excluding hydrogens is 278 g/mol. The lowest BCUT2D eigenvalue weighted by Crippen LogP contribution is -2.13. The van der Waals surface area contributed by atoms with Gasteiger partial charge in [-0.2, -0.15) is 5.26 Å². The van der Waals surface area contributed by atoms with Gasteiger partial charge in [-0.05, 0) is 40.2 Å². The Bertz CT molecular complexity index is 550. The predicted octanol–water partition coefficient (Wildman–Crippen LogP) is 3.05. The van der Waals surface area contributed by atoms with Gasteiger partial charge in [-0.3, -0.25) is 4.98 Å². The fraction of sp³-hybridized carbons (Fsp3) is 0.0769. The highest BCUT2D eigenvalue weighted by Gasteiger charge is 2.13. The number of pyridine rings is 1. The second-order valence-corrected chi connectivity index (χ2v) is 4.46. The van der Waals surface area contributed by atoms with Crippen LogP contribution in [0.25, 0.3) is 5.57 Å². The summed E-state index contributed by atoms with van der Waals surface area (Å²) < 4.78 is 0.974. The van der Waals surface area contributed by atoms with E-state index < -0.39 is 0 Å². The van der Waals surface area contributed by atoms with Crippen LogP contribution in [0.15, 0.2) is 52.9 Å². The molecule has 2 rings (SSSR count). The lowest BCUT2D eigenvalue weighted by Gasteiger charge is -2.20. The Morgan fingerprint density at radius 1 is 1.41 bits per heavy atom. The Kier molecular flexibility index (Phi) is 3.40. The molecule has 0 saturated carbocycles.